The molecule has 0 aliphatic carbocycles. The van der Waals surface area contributed by atoms with E-state index in [1.807, 2.05) is 17.5 Å². The van der Waals surface area contributed by atoms with Crippen molar-refractivity contribution in [3.8, 4) is 0 Å². The molecule has 0 aliphatic heterocycles. The molecule has 0 aliphatic rings. The number of thiophene rings is 1. The van der Waals surface area contributed by atoms with Gasteiger partial charge < -0.3 is 15.2 Å². The third-order valence-electron chi connectivity index (χ3n) is 2.36. The van der Waals surface area contributed by atoms with E-state index in [1.165, 1.54) is 7.11 Å². The van der Waals surface area contributed by atoms with Crippen LogP contribution in [0.15, 0.2) is 23.7 Å². The third-order valence-corrected chi connectivity index (χ3v) is 3.24. The van der Waals surface area contributed by atoms with Crippen molar-refractivity contribution in [1.82, 2.24) is 4.98 Å². The Kier molecular flexibility index (Phi) is 3.55. The molecular weight excluding hydrogens is 240 g/mol. The third kappa shape index (κ3) is 2.37. The molecule has 0 saturated heterocycles. The molecule has 5 nitrogen and oxygen atoms in total. The fourth-order valence-electron chi connectivity index (χ4n) is 1.50. The minimum atomic E-state index is -0.794. The van der Waals surface area contributed by atoms with Crippen molar-refractivity contribution in [2.45, 2.75) is 6.04 Å². The normalized spacial score (nSPS) is 12.4. The maximum absolute atomic E-state index is 11.4. The molecular formula is C11H12N2O3S. The van der Waals surface area contributed by atoms with E-state index >= 15 is 0 Å². The highest BCUT2D eigenvalue weighted by Gasteiger charge is 2.19. The van der Waals surface area contributed by atoms with Gasteiger partial charge in [-0.05, 0) is 17.5 Å². The summed E-state index contributed by atoms with van der Waals surface area (Å²) in [6, 6.07) is 3.02. The number of anilines is 1. The lowest BCUT2D eigenvalue weighted by molar-refractivity contribution is -0.142. The predicted molar refractivity (Wildman–Crippen MR) is 66.1 cm³/mol. The molecule has 0 radical (unpaired) electrons. The number of aliphatic hydroxyl groups is 1. The zero-order valence-corrected chi connectivity index (χ0v) is 10.0. The van der Waals surface area contributed by atoms with E-state index in [0.29, 0.717) is 5.82 Å². The summed E-state index contributed by atoms with van der Waals surface area (Å²) in [5.41, 5.74) is 0. The molecule has 2 heterocycles. The molecule has 0 aromatic carbocycles. The zero-order valence-electron chi connectivity index (χ0n) is 9.21. The van der Waals surface area contributed by atoms with Crippen LogP contribution in [-0.4, -0.2) is 35.8 Å². The van der Waals surface area contributed by atoms with Crippen LogP contribution in [0.25, 0.3) is 10.1 Å². The molecule has 1 unspecified atom stereocenters. The molecule has 2 N–H and O–H groups in total. The number of carbonyl (C=O) groups excluding carboxylic acids is 1. The number of fused-ring (bicyclic) bond motifs is 1. The number of carbonyl (C=O) groups is 1. The molecule has 17 heavy (non-hydrogen) atoms. The van der Waals surface area contributed by atoms with Gasteiger partial charge in [-0.3, -0.25) is 0 Å². The van der Waals surface area contributed by atoms with Gasteiger partial charge in [0.1, 0.15) is 11.9 Å². The van der Waals surface area contributed by atoms with Crippen molar-refractivity contribution in [2.75, 3.05) is 19.0 Å². The summed E-state index contributed by atoms with van der Waals surface area (Å²) < 4.78 is 5.66. The van der Waals surface area contributed by atoms with Crippen molar-refractivity contribution in [2.24, 2.45) is 0 Å². The second-order valence-corrected chi connectivity index (χ2v) is 4.34. The number of aliphatic hydroxyl groups excluding tert-OH is 1. The van der Waals surface area contributed by atoms with Crippen LogP contribution in [0.1, 0.15) is 0 Å². The summed E-state index contributed by atoms with van der Waals surface area (Å²) in [6.45, 7) is -0.338. The molecule has 2 aromatic heterocycles. The van der Waals surface area contributed by atoms with Crippen molar-refractivity contribution in [1.29, 1.82) is 0 Å². The number of methoxy groups -OCH3 is 1. The highest BCUT2D eigenvalue weighted by Crippen LogP contribution is 2.26. The Morgan fingerprint density at radius 2 is 2.47 bits per heavy atom. The number of hydrogen-bond acceptors (Lipinski definition) is 6. The van der Waals surface area contributed by atoms with Crippen LogP contribution in [0.4, 0.5) is 5.82 Å². The van der Waals surface area contributed by atoms with Gasteiger partial charge >= 0.3 is 5.97 Å². The van der Waals surface area contributed by atoms with Gasteiger partial charge in [0.2, 0.25) is 0 Å². The zero-order chi connectivity index (χ0) is 12.3. The quantitative estimate of drug-likeness (QED) is 0.801. The summed E-state index contributed by atoms with van der Waals surface area (Å²) >= 11 is 1.59. The summed E-state index contributed by atoms with van der Waals surface area (Å²) in [5.74, 6) is 0.0646. The van der Waals surface area contributed by atoms with Crippen LogP contribution in [0, 0.1) is 0 Å². The smallest absolute Gasteiger partial charge is 0.330 e. The predicted octanol–water partition coefficient (Wildman–Crippen LogP) is 1.24. The summed E-state index contributed by atoms with van der Waals surface area (Å²) in [5, 5.41) is 14.9. The average Bonchev–Trinajstić information content (AvgIpc) is 2.83. The molecule has 6 heteroatoms. The molecule has 1 atom stereocenters. The van der Waals surface area contributed by atoms with Crippen LogP contribution in [-0.2, 0) is 9.53 Å². The van der Waals surface area contributed by atoms with Crippen molar-refractivity contribution >= 4 is 33.2 Å². The van der Waals surface area contributed by atoms with Gasteiger partial charge in [0.15, 0.2) is 0 Å². The van der Waals surface area contributed by atoms with Gasteiger partial charge in [-0.2, -0.15) is 0 Å². The van der Waals surface area contributed by atoms with Crippen molar-refractivity contribution < 1.29 is 14.6 Å². The minimum Gasteiger partial charge on any atom is -0.467 e. The molecule has 0 spiro atoms. The number of nitrogens with one attached hydrogen (secondary N) is 1. The first-order valence-electron chi connectivity index (χ1n) is 5.03. The maximum atomic E-state index is 11.4. The van der Waals surface area contributed by atoms with E-state index in [-0.39, 0.29) is 6.61 Å². The number of hydrogen-bond donors (Lipinski definition) is 2. The number of aromatic nitrogens is 1. The first-order chi connectivity index (χ1) is 8.26. The topological polar surface area (TPSA) is 71.5 Å². The largest absolute Gasteiger partial charge is 0.467 e. The van der Waals surface area contributed by atoms with Gasteiger partial charge in [0.25, 0.3) is 0 Å². The Bertz CT molecular complexity index is 526. The highest BCUT2D eigenvalue weighted by molar-refractivity contribution is 7.17. The lowest BCUT2D eigenvalue weighted by atomic mass is 10.2. The second-order valence-electron chi connectivity index (χ2n) is 3.39. The molecule has 2 rings (SSSR count). The Morgan fingerprint density at radius 3 is 3.18 bits per heavy atom. The van der Waals surface area contributed by atoms with E-state index in [0.717, 1.165) is 10.1 Å². The minimum absolute atomic E-state index is 0.338. The number of esters is 1. The summed E-state index contributed by atoms with van der Waals surface area (Å²) in [7, 11) is 1.28. The fourth-order valence-corrected chi connectivity index (χ4v) is 2.28. The van der Waals surface area contributed by atoms with E-state index < -0.39 is 12.0 Å². The van der Waals surface area contributed by atoms with E-state index in [9.17, 15) is 4.79 Å². The Hall–Kier alpha value is -1.66. The highest BCUT2D eigenvalue weighted by atomic mass is 32.1. The van der Waals surface area contributed by atoms with Crippen LogP contribution in [0.5, 0.6) is 0 Å². The standard InChI is InChI=1S/C11H12N2O3S/c1-16-11(15)8(6-14)13-10-7-3-5-17-9(7)2-4-12-10/h2-5,8,14H,6H2,1H3,(H,12,13). The average molecular weight is 252 g/mol. The van der Waals surface area contributed by atoms with Crippen molar-refractivity contribution in [3.63, 3.8) is 0 Å². The maximum Gasteiger partial charge on any atom is 0.330 e. The van der Waals surface area contributed by atoms with Gasteiger partial charge in [0, 0.05) is 16.3 Å². The van der Waals surface area contributed by atoms with Gasteiger partial charge in [-0.1, -0.05) is 0 Å². The van der Waals surface area contributed by atoms with Gasteiger partial charge in [-0.25, -0.2) is 9.78 Å². The lowest BCUT2D eigenvalue weighted by Crippen LogP contribution is -2.34. The Labute approximate surface area is 102 Å². The summed E-state index contributed by atoms with van der Waals surface area (Å²) in [4.78, 5) is 15.5. The van der Waals surface area contributed by atoms with E-state index in [2.05, 4.69) is 15.0 Å². The number of nitrogens with zero attached hydrogens (tertiary/aromatic N) is 1. The molecule has 0 fully saturated rings. The monoisotopic (exact) mass is 252 g/mol. The van der Waals surface area contributed by atoms with Crippen molar-refractivity contribution in [3.05, 3.63) is 23.7 Å². The molecule has 90 valence electrons. The summed E-state index contributed by atoms with van der Waals surface area (Å²) in [6.07, 6.45) is 1.66. The number of rotatable bonds is 4. The SMILES string of the molecule is COC(=O)C(CO)Nc1nccc2sccc12. The van der Waals surface area contributed by atoms with Crippen LogP contribution in [0.2, 0.25) is 0 Å². The molecule has 2 aromatic rings. The van der Waals surface area contributed by atoms with Gasteiger partial charge in [-0.15, -0.1) is 11.3 Å². The lowest BCUT2D eigenvalue weighted by Gasteiger charge is -2.14. The van der Waals surface area contributed by atoms with E-state index in [1.54, 1.807) is 17.5 Å². The van der Waals surface area contributed by atoms with Crippen LogP contribution < -0.4 is 5.32 Å². The fraction of sp³-hybridized carbons (Fsp3) is 0.273. The first-order valence-corrected chi connectivity index (χ1v) is 5.91. The van der Waals surface area contributed by atoms with Crippen LogP contribution in [0.3, 0.4) is 0 Å². The Morgan fingerprint density at radius 1 is 1.65 bits per heavy atom. The van der Waals surface area contributed by atoms with Gasteiger partial charge in [0.05, 0.1) is 13.7 Å². The van der Waals surface area contributed by atoms with E-state index in [4.69, 9.17) is 5.11 Å². The number of ether oxygens (including phenoxy) is 1. The molecule has 0 saturated carbocycles. The molecule has 0 amide bonds. The molecule has 0 bridgehead atoms. The number of pyridine rings is 1. The first kappa shape index (κ1) is 11.8. The second kappa shape index (κ2) is 5.11. The van der Waals surface area contributed by atoms with Crippen LogP contribution >= 0.6 is 11.3 Å². The Balaban J connectivity index is 2.28.